The van der Waals surface area contributed by atoms with Gasteiger partial charge in [0.05, 0.1) is 12.1 Å². The summed E-state index contributed by atoms with van der Waals surface area (Å²) in [6.07, 6.45) is 2.24. The number of hydrogen-bond donors (Lipinski definition) is 2. The van der Waals surface area contributed by atoms with Gasteiger partial charge in [0, 0.05) is 18.8 Å². The molecule has 3 rings (SSSR count). The van der Waals surface area contributed by atoms with Crippen LogP contribution in [0, 0.1) is 0 Å². The number of anilines is 1. The summed E-state index contributed by atoms with van der Waals surface area (Å²) in [4.78, 5) is 14.3. The first-order chi connectivity index (χ1) is 8.74. The van der Waals surface area contributed by atoms with Gasteiger partial charge in [-0.25, -0.2) is 0 Å². The van der Waals surface area contributed by atoms with E-state index in [1.807, 2.05) is 18.2 Å². The van der Waals surface area contributed by atoms with E-state index in [2.05, 4.69) is 16.3 Å². The van der Waals surface area contributed by atoms with Crippen molar-refractivity contribution in [2.45, 2.75) is 31.4 Å². The van der Waals surface area contributed by atoms with E-state index in [4.69, 9.17) is 0 Å². The van der Waals surface area contributed by atoms with Crippen molar-refractivity contribution in [1.29, 1.82) is 0 Å². The smallest absolute Gasteiger partial charge is 0.241 e. The minimum atomic E-state index is -0.275. The number of carbonyl (C=O) groups is 1. The van der Waals surface area contributed by atoms with Crippen LogP contribution in [-0.2, 0) is 11.2 Å². The summed E-state index contributed by atoms with van der Waals surface area (Å²) < 4.78 is 0. The molecule has 1 aromatic carbocycles. The maximum atomic E-state index is 12.2. The number of β-amino-alcohol motifs (C(OH)–C–C–N with tert-alkyl or cyclic N) is 1. The Balaban J connectivity index is 1.78. The minimum Gasteiger partial charge on any atom is -0.392 e. The monoisotopic (exact) mass is 246 g/mol. The molecule has 2 unspecified atom stereocenters. The molecular weight excluding hydrogens is 228 g/mol. The number of aliphatic hydroxyl groups excluding tert-OH is 1. The predicted octanol–water partition coefficient (Wildman–Crippen LogP) is 1.01. The first-order valence-electron chi connectivity index (χ1n) is 6.55. The van der Waals surface area contributed by atoms with Crippen LogP contribution < -0.4 is 5.32 Å². The molecule has 96 valence electrons. The fourth-order valence-electron chi connectivity index (χ4n) is 2.90. The highest BCUT2D eigenvalue weighted by Crippen LogP contribution is 2.25. The second-order valence-electron chi connectivity index (χ2n) is 5.14. The SMILES string of the molecule is O=C1Nc2ccccc2CCC1N1CCC(O)C1. The molecule has 0 saturated carbocycles. The molecule has 18 heavy (non-hydrogen) atoms. The highest BCUT2D eigenvalue weighted by molar-refractivity contribution is 5.96. The van der Waals surface area contributed by atoms with Gasteiger partial charge in [0.2, 0.25) is 5.91 Å². The number of carbonyl (C=O) groups excluding carboxylic acids is 1. The van der Waals surface area contributed by atoms with E-state index in [1.165, 1.54) is 5.56 Å². The molecule has 1 saturated heterocycles. The molecule has 2 N–H and O–H groups in total. The number of nitrogens with one attached hydrogen (secondary N) is 1. The summed E-state index contributed by atoms with van der Waals surface area (Å²) in [7, 11) is 0. The van der Waals surface area contributed by atoms with Gasteiger partial charge in [-0.05, 0) is 30.9 Å². The molecule has 2 aliphatic rings. The Morgan fingerprint density at radius 1 is 1.28 bits per heavy atom. The maximum Gasteiger partial charge on any atom is 0.241 e. The average Bonchev–Trinajstić information content (AvgIpc) is 2.70. The van der Waals surface area contributed by atoms with Crippen molar-refractivity contribution >= 4 is 11.6 Å². The number of nitrogens with zero attached hydrogens (tertiary/aromatic N) is 1. The van der Waals surface area contributed by atoms with Crippen molar-refractivity contribution in [2.24, 2.45) is 0 Å². The lowest BCUT2D eigenvalue weighted by Gasteiger charge is -2.24. The Kier molecular flexibility index (Phi) is 3.06. The summed E-state index contributed by atoms with van der Waals surface area (Å²) in [6.45, 7) is 1.43. The molecule has 0 bridgehead atoms. The van der Waals surface area contributed by atoms with E-state index in [9.17, 15) is 9.90 Å². The normalized spacial score (nSPS) is 28.6. The van der Waals surface area contributed by atoms with Crippen LogP contribution in [-0.4, -0.2) is 41.1 Å². The highest BCUT2D eigenvalue weighted by Gasteiger charge is 2.33. The number of amides is 1. The number of hydrogen-bond acceptors (Lipinski definition) is 3. The third-order valence-electron chi connectivity index (χ3n) is 3.90. The molecule has 1 fully saturated rings. The van der Waals surface area contributed by atoms with Crippen LogP contribution in [0.5, 0.6) is 0 Å². The van der Waals surface area contributed by atoms with Crippen molar-refractivity contribution in [3.8, 4) is 0 Å². The van der Waals surface area contributed by atoms with Crippen molar-refractivity contribution in [3.63, 3.8) is 0 Å². The summed E-state index contributed by atoms with van der Waals surface area (Å²) >= 11 is 0. The standard InChI is InChI=1S/C14H18N2O2/c17-11-7-8-16(9-11)13-6-5-10-3-1-2-4-12(10)15-14(13)18/h1-4,11,13,17H,5-9H2,(H,15,18). The maximum absolute atomic E-state index is 12.2. The number of aryl methyl sites for hydroxylation is 1. The molecule has 0 aromatic heterocycles. The van der Waals surface area contributed by atoms with Crippen LogP contribution >= 0.6 is 0 Å². The van der Waals surface area contributed by atoms with Gasteiger partial charge in [-0.2, -0.15) is 0 Å². The molecule has 0 aliphatic carbocycles. The number of likely N-dealkylation sites (tertiary alicyclic amines) is 1. The van der Waals surface area contributed by atoms with Gasteiger partial charge in [0.15, 0.2) is 0 Å². The number of aliphatic hydroxyl groups is 1. The van der Waals surface area contributed by atoms with Gasteiger partial charge in [0.25, 0.3) is 0 Å². The first kappa shape index (κ1) is 11.7. The van der Waals surface area contributed by atoms with Crippen molar-refractivity contribution < 1.29 is 9.90 Å². The van der Waals surface area contributed by atoms with Crippen LogP contribution in [0.25, 0.3) is 0 Å². The van der Waals surface area contributed by atoms with Crippen LogP contribution in [0.3, 0.4) is 0 Å². The Morgan fingerprint density at radius 3 is 2.89 bits per heavy atom. The highest BCUT2D eigenvalue weighted by atomic mass is 16.3. The van der Waals surface area contributed by atoms with Crippen molar-refractivity contribution in [2.75, 3.05) is 18.4 Å². The lowest BCUT2D eigenvalue weighted by Crippen LogP contribution is -2.42. The zero-order valence-corrected chi connectivity index (χ0v) is 10.3. The van der Waals surface area contributed by atoms with E-state index in [0.717, 1.165) is 31.5 Å². The molecule has 4 nitrogen and oxygen atoms in total. The molecule has 4 heteroatoms. The Bertz CT molecular complexity index is 461. The summed E-state index contributed by atoms with van der Waals surface area (Å²) in [5, 5.41) is 12.6. The van der Waals surface area contributed by atoms with Gasteiger partial charge in [-0.3, -0.25) is 9.69 Å². The van der Waals surface area contributed by atoms with Gasteiger partial charge < -0.3 is 10.4 Å². The fourth-order valence-corrected chi connectivity index (χ4v) is 2.90. The molecule has 2 atom stereocenters. The largest absolute Gasteiger partial charge is 0.392 e. The van der Waals surface area contributed by atoms with Crippen molar-refractivity contribution in [1.82, 2.24) is 4.90 Å². The van der Waals surface area contributed by atoms with E-state index in [1.54, 1.807) is 0 Å². The first-order valence-corrected chi connectivity index (χ1v) is 6.55. The average molecular weight is 246 g/mol. The van der Waals surface area contributed by atoms with Crippen LogP contribution in [0.2, 0.25) is 0 Å². The Labute approximate surface area is 107 Å². The molecule has 1 aromatic rings. The molecular formula is C14H18N2O2. The number of benzene rings is 1. The van der Waals surface area contributed by atoms with E-state index in [0.29, 0.717) is 6.54 Å². The third-order valence-corrected chi connectivity index (χ3v) is 3.90. The molecule has 0 spiro atoms. The zero-order chi connectivity index (χ0) is 12.5. The Morgan fingerprint density at radius 2 is 2.11 bits per heavy atom. The molecule has 2 heterocycles. The lowest BCUT2D eigenvalue weighted by molar-refractivity contribution is -0.121. The number of fused-ring (bicyclic) bond motifs is 1. The zero-order valence-electron chi connectivity index (χ0n) is 10.3. The number of para-hydroxylation sites is 1. The fraction of sp³-hybridized carbons (Fsp3) is 0.500. The van der Waals surface area contributed by atoms with Gasteiger partial charge >= 0.3 is 0 Å². The molecule has 0 radical (unpaired) electrons. The Hall–Kier alpha value is -1.39. The number of rotatable bonds is 1. The summed E-state index contributed by atoms with van der Waals surface area (Å²) in [6, 6.07) is 7.87. The quantitative estimate of drug-likeness (QED) is 0.777. The summed E-state index contributed by atoms with van der Waals surface area (Å²) in [5.74, 6) is 0.0639. The second kappa shape index (κ2) is 4.71. The lowest BCUT2D eigenvalue weighted by atomic mass is 10.1. The third kappa shape index (κ3) is 2.13. The minimum absolute atomic E-state index is 0.0639. The predicted molar refractivity (Wildman–Crippen MR) is 69.4 cm³/mol. The van der Waals surface area contributed by atoms with Crippen LogP contribution in [0.4, 0.5) is 5.69 Å². The topological polar surface area (TPSA) is 52.6 Å². The molecule has 1 amide bonds. The van der Waals surface area contributed by atoms with Crippen molar-refractivity contribution in [3.05, 3.63) is 29.8 Å². The van der Waals surface area contributed by atoms with Gasteiger partial charge in [0.1, 0.15) is 0 Å². The van der Waals surface area contributed by atoms with Crippen LogP contribution in [0.1, 0.15) is 18.4 Å². The van der Waals surface area contributed by atoms with Gasteiger partial charge in [-0.15, -0.1) is 0 Å². The van der Waals surface area contributed by atoms with Crippen LogP contribution in [0.15, 0.2) is 24.3 Å². The summed E-state index contributed by atoms with van der Waals surface area (Å²) in [5.41, 5.74) is 2.14. The van der Waals surface area contributed by atoms with E-state index >= 15 is 0 Å². The molecule has 2 aliphatic heterocycles. The van der Waals surface area contributed by atoms with E-state index in [-0.39, 0.29) is 18.1 Å². The van der Waals surface area contributed by atoms with E-state index < -0.39 is 0 Å². The van der Waals surface area contributed by atoms with Gasteiger partial charge in [-0.1, -0.05) is 18.2 Å². The second-order valence-corrected chi connectivity index (χ2v) is 5.14.